The van der Waals surface area contributed by atoms with Gasteiger partial charge in [0.25, 0.3) is 0 Å². The molecule has 0 radical (unpaired) electrons. The summed E-state index contributed by atoms with van der Waals surface area (Å²) in [4.78, 5) is 0. The maximum atomic E-state index is 9.10. The molecule has 0 amide bonds. The SMILES string of the molecule is Cc1c(CN[C@H]2CCOc3ccccc32)cc(C#N)n1C. The summed E-state index contributed by atoms with van der Waals surface area (Å²) in [6.45, 7) is 3.56. The summed E-state index contributed by atoms with van der Waals surface area (Å²) in [5.41, 5.74) is 4.24. The lowest BCUT2D eigenvalue weighted by Gasteiger charge is -2.26. The average Bonchev–Trinajstić information content (AvgIpc) is 2.80. The number of benzene rings is 1. The zero-order chi connectivity index (χ0) is 14.8. The monoisotopic (exact) mass is 281 g/mol. The lowest BCUT2D eigenvalue weighted by atomic mass is 10.0. The molecule has 4 nitrogen and oxygen atoms in total. The Morgan fingerprint density at radius 1 is 1.43 bits per heavy atom. The van der Waals surface area contributed by atoms with E-state index in [1.165, 1.54) is 11.1 Å². The molecule has 0 unspecified atom stereocenters. The number of aromatic nitrogens is 1. The maximum Gasteiger partial charge on any atom is 0.124 e. The fourth-order valence-corrected chi connectivity index (χ4v) is 2.84. The largest absolute Gasteiger partial charge is 0.493 e. The topological polar surface area (TPSA) is 50.0 Å². The van der Waals surface area contributed by atoms with Crippen molar-refractivity contribution in [1.82, 2.24) is 9.88 Å². The van der Waals surface area contributed by atoms with E-state index in [9.17, 15) is 0 Å². The lowest BCUT2D eigenvalue weighted by Crippen LogP contribution is -2.26. The van der Waals surface area contributed by atoms with Crippen molar-refractivity contribution in [2.75, 3.05) is 6.61 Å². The van der Waals surface area contributed by atoms with Gasteiger partial charge in [-0.15, -0.1) is 0 Å². The summed E-state index contributed by atoms with van der Waals surface area (Å²) in [7, 11) is 1.93. The molecule has 1 aliphatic heterocycles. The van der Waals surface area contributed by atoms with Crippen LogP contribution in [-0.4, -0.2) is 11.2 Å². The van der Waals surface area contributed by atoms with Crippen molar-refractivity contribution < 1.29 is 4.74 Å². The van der Waals surface area contributed by atoms with Gasteiger partial charge in [0.15, 0.2) is 0 Å². The molecule has 0 saturated carbocycles. The van der Waals surface area contributed by atoms with Crippen LogP contribution in [-0.2, 0) is 13.6 Å². The van der Waals surface area contributed by atoms with Crippen LogP contribution in [0.2, 0.25) is 0 Å². The first kappa shape index (κ1) is 13.7. The summed E-state index contributed by atoms with van der Waals surface area (Å²) >= 11 is 0. The summed E-state index contributed by atoms with van der Waals surface area (Å²) in [6.07, 6.45) is 0.966. The van der Waals surface area contributed by atoms with Crippen LogP contribution < -0.4 is 10.1 Å². The number of fused-ring (bicyclic) bond motifs is 1. The molecule has 0 fully saturated rings. The molecular formula is C17H19N3O. The average molecular weight is 281 g/mol. The van der Waals surface area contributed by atoms with Gasteiger partial charge in [-0.3, -0.25) is 0 Å². The van der Waals surface area contributed by atoms with Crippen molar-refractivity contribution in [3.8, 4) is 11.8 Å². The Morgan fingerprint density at radius 2 is 2.24 bits per heavy atom. The van der Waals surface area contributed by atoms with E-state index in [4.69, 9.17) is 10.00 Å². The van der Waals surface area contributed by atoms with E-state index in [0.29, 0.717) is 11.7 Å². The fraction of sp³-hybridized carbons (Fsp3) is 0.353. The molecule has 108 valence electrons. The number of hydrogen-bond donors (Lipinski definition) is 1. The van der Waals surface area contributed by atoms with E-state index in [-0.39, 0.29) is 0 Å². The van der Waals surface area contributed by atoms with Crippen LogP contribution in [0.4, 0.5) is 0 Å². The van der Waals surface area contributed by atoms with Gasteiger partial charge in [0, 0.05) is 37.3 Å². The zero-order valence-corrected chi connectivity index (χ0v) is 12.4. The lowest BCUT2D eigenvalue weighted by molar-refractivity contribution is 0.252. The van der Waals surface area contributed by atoms with Crippen LogP contribution in [0.25, 0.3) is 0 Å². The van der Waals surface area contributed by atoms with Crippen LogP contribution >= 0.6 is 0 Å². The van der Waals surface area contributed by atoms with Gasteiger partial charge < -0.3 is 14.6 Å². The molecule has 3 rings (SSSR count). The van der Waals surface area contributed by atoms with Gasteiger partial charge in [0.2, 0.25) is 0 Å². The van der Waals surface area contributed by atoms with E-state index < -0.39 is 0 Å². The van der Waals surface area contributed by atoms with Gasteiger partial charge >= 0.3 is 0 Å². The van der Waals surface area contributed by atoms with Crippen molar-refractivity contribution in [3.63, 3.8) is 0 Å². The highest BCUT2D eigenvalue weighted by atomic mass is 16.5. The predicted octanol–water partition coefficient (Wildman–Crippen LogP) is 2.82. The van der Waals surface area contributed by atoms with E-state index in [1.54, 1.807) is 0 Å². The van der Waals surface area contributed by atoms with Gasteiger partial charge in [0.1, 0.15) is 17.5 Å². The smallest absolute Gasteiger partial charge is 0.124 e. The molecule has 1 atom stereocenters. The third-order valence-corrected chi connectivity index (χ3v) is 4.25. The minimum absolute atomic E-state index is 0.306. The first-order valence-corrected chi connectivity index (χ1v) is 7.21. The number of para-hydroxylation sites is 1. The molecule has 0 saturated heterocycles. The molecule has 2 heterocycles. The number of nitriles is 1. The second-order valence-electron chi connectivity index (χ2n) is 5.42. The quantitative estimate of drug-likeness (QED) is 0.941. The van der Waals surface area contributed by atoms with Crippen molar-refractivity contribution in [2.45, 2.75) is 25.9 Å². The first-order chi connectivity index (χ1) is 10.2. The Balaban J connectivity index is 1.76. The molecule has 0 bridgehead atoms. The molecule has 2 aromatic rings. The highest BCUT2D eigenvalue weighted by molar-refractivity contribution is 5.38. The van der Waals surface area contributed by atoms with E-state index in [2.05, 4.69) is 24.4 Å². The van der Waals surface area contributed by atoms with Crippen LogP contribution in [0.5, 0.6) is 5.75 Å². The zero-order valence-electron chi connectivity index (χ0n) is 12.4. The van der Waals surface area contributed by atoms with Crippen molar-refractivity contribution in [2.24, 2.45) is 7.05 Å². The molecule has 1 N–H and O–H groups in total. The Hall–Kier alpha value is -2.25. The predicted molar refractivity (Wildman–Crippen MR) is 81.0 cm³/mol. The number of ether oxygens (including phenoxy) is 1. The molecule has 1 aromatic carbocycles. The van der Waals surface area contributed by atoms with E-state index in [1.807, 2.05) is 35.9 Å². The van der Waals surface area contributed by atoms with Crippen LogP contribution in [0.1, 0.15) is 35.0 Å². The normalized spacial score (nSPS) is 16.9. The molecule has 1 aliphatic rings. The fourth-order valence-electron chi connectivity index (χ4n) is 2.84. The summed E-state index contributed by atoms with van der Waals surface area (Å²) in [5, 5.41) is 12.7. The number of rotatable bonds is 3. The summed E-state index contributed by atoms with van der Waals surface area (Å²) in [5.74, 6) is 0.976. The Morgan fingerprint density at radius 3 is 3.00 bits per heavy atom. The van der Waals surface area contributed by atoms with Crippen LogP contribution in [0.15, 0.2) is 30.3 Å². The second-order valence-corrected chi connectivity index (χ2v) is 5.42. The van der Waals surface area contributed by atoms with Gasteiger partial charge in [-0.05, 0) is 24.6 Å². The molecular weight excluding hydrogens is 262 g/mol. The van der Waals surface area contributed by atoms with E-state index >= 15 is 0 Å². The standard InChI is InChI=1S/C17H19N3O/c1-12-13(9-14(10-18)20(12)2)11-19-16-7-8-21-17-6-4-3-5-15(16)17/h3-6,9,16,19H,7-8,11H2,1-2H3/t16-/m0/s1. The Kier molecular flexibility index (Phi) is 3.68. The molecule has 0 spiro atoms. The maximum absolute atomic E-state index is 9.10. The number of hydrogen-bond acceptors (Lipinski definition) is 3. The highest BCUT2D eigenvalue weighted by Crippen LogP contribution is 2.31. The van der Waals surface area contributed by atoms with Crippen LogP contribution in [0.3, 0.4) is 0 Å². The Bertz CT molecular complexity index is 697. The second kappa shape index (κ2) is 5.63. The summed E-state index contributed by atoms with van der Waals surface area (Å²) in [6, 6.07) is 12.7. The van der Waals surface area contributed by atoms with Gasteiger partial charge in [0.05, 0.1) is 6.61 Å². The van der Waals surface area contributed by atoms with Crippen molar-refractivity contribution >= 4 is 0 Å². The third kappa shape index (κ3) is 2.53. The number of nitrogens with one attached hydrogen (secondary N) is 1. The van der Waals surface area contributed by atoms with Gasteiger partial charge in [-0.25, -0.2) is 0 Å². The number of nitrogens with zero attached hydrogens (tertiary/aromatic N) is 2. The minimum atomic E-state index is 0.306. The minimum Gasteiger partial charge on any atom is -0.493 e. The summed E-state index contributed by atoms with van der Waals surface area (Å²) < 4.78 is 7.62. The molecule has 0 aliphatic carbocycles. The van der Waals surface area contributed by atoms with Crippen LogP contribution in [0, 0.1) is 18.3 Å². The highest BCUT2D eigenvalue weighted by Gasteiger charge is 2.21. The van der Waals surface area contributed by atoms with Crippen molar-refractivity contribution in [3.05, 3.63) is 52.8 Å². The van der Waals surface area contributed by atoms with E-state index in [0.717, 1.165) is 31.0 Å². The molecule has 1 aromatic heterocycles. The molecule has 21 heavy (non-hydrogen) atoms. The van der Waals surface area contributed by atoms with Crippen molar-refractivity contribution in [1.29, 1.82) is 5.26 Å². The van der Waals surface area contributed by atoms with Gasteiger partial charge in [-0.1, -0.05) is 18.2 Å². The molecule has 4 heteroatoms. The third-order valence-electron chi connectivity index (χ3n) is 4.25. The first-order valence-electron chi connectivity index (χ1n) is 7.21. The van der Waals surface area contributed by atoms with Gasteiger partial charge in [-0.2, -0.15) is 5.26 Å². The Labute approximate surface area is 125 Å².